The van der Waals surface area contributed by atoms with Gasteiger partial charge >= 0.3 is 0 Å². The maximum atomic E-state index is 14.0. The number of amides is 1. The molecule has 0 aliphatic heterocycles. The molecule has 4 aromatic carbocycles. The van der Waals surface area contributed by atoms with Gasteiger partial charge in [-0.2, -0.15) is 9.78 Å². The van der Waals surface area contributed by atoms with Crippen LogP contribution in [0, 0.1) is 13.8 Å². The van der Waals surface area contributed by atoms with Gasteiger partial charge in [0.25, 0.3) is 11.5 Å². The van der Waals surface area contributed by atoms with E-state index in [1.807, 2.05) is 88.4 Å². The molecule has 0 bridgehead atoms. The lowest BCUT2D eigenvalue weighted by molar-refractivity contribution is -0.118. The van der Waals surface area contributed by atoms with Gasteiger partial charge in [0.15, 0.2) is 23.9 Å². The van der Waals surface area contributed by atoms with Crippen LogP contribution in [0.25, 0.3) is 22.3 Å². The van der Waals surface area contributed by atoms with Crippen molar-refractivity contribution in [2.45, 2.75) is 53.9 Å². The summed E-state index contributed by atoms with van der Waals surface area (Å²) in [5.74, 6) is 2.00. The van der Waals surface area contributed by atoms with Crippen molar-refractivity contribution in [3.05, 3.63) is 124 Å². The first-order chi connectivity index (χ1) is 24.1. The number of para-hydroxylation sites is 1. The molecule has 0 aliphatic carbocycles. The van der Waals surface area contributed by atoms with Crippen molar-refractivity contribution in [1.29, 1.82) is 0 Å². The molecular formula is C41H44N4O5. The predicted octanol–water partition coefficient (Wildman–Crippen LogP) is 8.23. The Labute approximate surface area is 293 Å². The minimum absolute atomic E-state index is 0.176. The Kier molecular flexibility index (Phi) is 11.5. The second-order valence-corrected chi connectivity index (χ2v) is 12.2. The molecule has 0 saturated heterocycles. The smallest absolute Gasteiger partial charge is 0.282 e. The number of hydrogen-bond acceptors (Lipinski definition) is 7. The predicted molar refractivity (Wildman–Crippen MR) is 201 cm³/mol. The van der Waals surface area contributed by atoms with Crippen LogP contribution in [0.3, 0.4) is 0 Å². The fraction of sp³-hybridized carbons (Fsp3) is 0.268. The standard InChI is InChI=1S/C41H44N4O5/c1-8-13-30-21-29(22-37(49-10-3)39(30)50-25-38(46)43-31-18-16-27(6)17-19-31)24-42-45-40(44-35-15-12-11-14-32(35)41(45)47)34-23-33(26(4)5)36(48-9-2)20-28(34)7/h8,11-12,14-24,26H,1,9-10,13,25H2,2-7H3,(H,43,46). The van der Waals surface area contributed by atoms with Crippen LogP contribution in [-0.4, -0.2) is 41.6 Å². The maximum Gasteiger partial charge on any atom is 0.282 e. The summed E-state index contributed by atoms with van der Waals surface area (Å²) in [6.45, 7) is 16.6. The highest BCUT2D eigenvalue weighted by Gasteiger charge is 2.19. The molecule has 0 atom stereocenters. The summed E-state index contributed by atoms with van der Waals surface area (Å²) < 4.78 is 19.4. The Morgan fingerprint density at radius 1 is 0.960 bits per heavy atom. The third kappa shape index (κ3) is 8.11. The van der Waals surface area contributed by atoms with E-state index in [4.69, 9.17) is 24.3 Å². The van der Waals surface area contributed by atoms with E-state index in [1.165, 1.54) is 4.68 Å². The number of aryl methyl sites for hydroxylation is 2. The van der Waals surface area contributed by atoms with Crippen molar-refractivity contribution >= 4 is 28.7 Å². The highest BCUT2D eigenvalue weighted by atomic mass is 16.5. The van der Waals surface area contributed by atoms with Crippen molar-refractivity contribution in [3.63, 3.8) is 0 Å². The molecule has 1 N–H and O–H groups in total. The first-order valence-electron chi connectivity index (χ1n) is 16.9. The second-order valence-electron chi connectivity index (χ2n) is 12.2. The van der Waals surface area contributed by atoms with Crippen molar-refractivity contribution < 1.29 is 19.0 Å². The maximum absolute atomic E-state index is 14.0. The van der Waals surface area contributed by atoms with Gasteiger partial charge < -0.3 is 19.5 Å². The number of aromatic nitrogens is 2. The van der Waals surface area contributed by atoms with Gasteiger partial charge in [0.2, 0.25) is 0 Å². The summed E-state index contributed by atoms with van der Waals surface area (Å²) in [5, 5.41) is 8.05. The molecule has 9 heteroatoms. The molecule has 5 rings (SSSR count). The number of benzene rings is 4. The van der Waals surface area contributed by atoms with Crippen molar-refractivity contribution in [2.24, 2.45) is 5.10 Å². The normalized spacial score (nSPS) is 11.3. The minimum atomic E-state index is -0.299. The van der Waals surface area contributed by atoms with Crippen LogP contribution < -0.4 is 25.1 Å². The summed E-state index contributed by atoms with van der Waals surface area (Å²) in [7, 11) is 0. The summed E-state index contributed by atoms with van der Waals surface area (Å²) in [4.78, 5) is 31.8. The monoisotopic (exact) mass is 672 g/mol. The molecule has 5 aromatic rings. The van der Waals surface area contributed by atoms with E-state index in [0.717, 1.165) is 33.6 Å². The Balaban J connectivity index is 1.56. The number of rotatable bonds is 14. The topological polar surface area (TPSA) is 104 Å². The molecule has 0 saturated carbocycles. The quantitative estimate of drug-likeness (QED) is 0.0942. The Morgan fingerprint density at radius 2 is 1.68 bits per heavy atom. The highest BCUT2D eigenvalue weighted by Crippen LogP contribution is 2.35. The van der Waals surface area contributed by atoms with Gasteiger partial charge in [-0.15, -0.1) is 6.58 Å². The van der Waals surface area contributed by atoms with Gasteiger partial charge in [-0.05, 0) is 105 Å². The second kappa shape index (κ2) is 16.1. The van der Waals surface area contributed by atoms with Gasteiger partial charge in [-0.1, -0.05) is 49.8 Å². The first kappa shape index (κ1) is 35.6. The van der Waals surface area contributed by atoms with Crippen LogP contribution in [-0.2, 0) is 11.2 Å². The fourth-order valence-corrected chi connectivity index (χ4v) is 5.66. The Morgan fingerprint density at radius 3 is 2.38 bits per heavy atom. The number of carbonyl (C=O) groups is 1. The lowest BCUT2D eigenvalue weighted by Gasteiger charge is -2.18. The largest absolute Gasteiger partial charge is 0.494 e. The summed E-state index contributed by atoms with van der Waals surface area (Å²) in [6, 6.07) is 22.5. The molecule has 9 nitrogen and oxygen atoms in total. The minimum Gasteiger partial charge on any atom is -0.494 e. The van der Waals surface area contributed by atoms with Crippen molar-refractivity contribution in [2.75, 3.05) is 25.1 Å². The third-order valence-corrected chi connectivity index (χ3v) is 8.10. The Bertz CT molecular complexity index is 2100. The fourth-order valence-electron chi connectivity index (χ4n) is 5.66. The Hall–Kier alpha value is -5.70. The van der Waals surface area contributed by atoms with E-state index in [0.29, 0.717) is 59.1 Å². The molecule has 0 fully saturated rings. The molecule has 1 aromatic heterocycles. The number of ether oxygens (including phenoxy) is 3. The molecule has 0 aliphatic rings. The number of nitrogens with one attached hydrogen (secondary N) is 1. The van der Waals surface area contributed by atoms with Crippen molar-refractivity contribution in [3.8, 4) is 28.6 Å². The van der Waals surface area contributed by atoms with Crippen LogP contribution in [0.2, 0.25) is 0 Å². The number of allylic oxidation sites excluding steroid dienone is 1. The van der Waals surface area contributed by atoms with E-state index >= 15 is 0 Å². The molecular weight excluding hydrogens is 628 g/mol. The van der Waals surface area contributed by atoms with Crippen LogP contribution in [0.4, 0.5) is 5.69 Å². The lowest BCUT2D eigenvalue weighted by atomic mass is 9.96. The number of nitrogens with zero attached hydrogens (tertiary/aromatic N) is 3. The zero-order chi connectivity index (χ0) is 35.8. The van der Waals surface area contributed by atoms with E-state index in [-0.39, 0.29) is 24.0 Å². The summed E-state index contributed by atoms with van der Waals surface area (Å²) in [5.41, 5.74) is 6.20. The van der Waals surface area contributed by atoms with Gasteiger partial charge in [-0.3, -0.25) is 9.59 Å². The van der Waals surface area contributed by atoms with E-state index in [9.17, 15) is 9.59 Å². The van der Waals surface area contributed by atoms with E-state index < -0.39 is 0 Å². The van der Waals surface area contributed by atoms with Crippen LogP contribution >= 0.6 is 0 Å². The van der Waals surface area contributed by atoms with Gasteiger partial charge in [0.05, 0.1) is 30.3 Å². The molecule has 258 valence electrons. The molecule has 0 spiro atoms. The molecule has 1 heterocycles. The first-order valence-corrected chi connectivity index (χ1v) is 16.9. The summed E-state index contributed by atoms with van der Waals surface area (Å²) in [6.07, 6.45) is 3.81. The molecule has 1 amide bonds. The zero-order valence-corrected chi connectivity index (χ0v) is 29.6. The van der Waals surface area contributed by atoms with E-state index in [1.54, 1.807) is 24.4 Å². The van der Waals surface area contributed by atoms with Crippen molar-refractivity contribution in [1.82, 2.24) is 9.66 Å². The molecule has 50 heavy (non-hydrogen) atoms. The number of carbonyl (C=O) groups excluding carboxylic acids is 1. The SMILES string of the molecule is C=CCc1cc(C=Nn2c(-c3cc(C(C)C)c(OCC)cc3C)nc3ccccc3c2=O)cc(OCC)c1OCC(=O)Nc1ccc(C)cc1. The van der Waals surface area contributed by atoms with Gasteiger partial charge in [-0.25, -0.2) is 4.98 Å². The number of anilines is 1. The average Bonchev–Trinajstić information content (AvgIpc) is 3.09. The average molecular weight is 673 g/mol. The van der Waals surface area contributed by atoms with Crippen LogP contribution in [0.1, 0.15) is 61.4 Å². The number of fused-ring (bicyclic) bond motifs is 1. The third-order valence-electron chi connectivity index (χ3n) is 8.10. The summed E-state index contributed by atoms with van der Waals surface area (Å²) >= 11 is 0. The highest BCUT2D eigenvalue weighted by molar-refractivity contribution is 5.92. The van der Waals surface area contributed by atoms with Gasteiger partial charge in [0.1, 0.15) is 5.75 Å². The van der Waals surface area contributed by atoms with E-state index in [2.05, 4.69) is 25.7 Å². The molecule has 0 unspecified atom stereocenters. The molecule has 0 radical (unpaired) electrons. The number of hydrogen-bond donors (Lipinski definition) is 1. The van der Waals surface area contributed by atoms with Crippen LogP contribution in [0.15, 0.2) is 95.3 Å². The zero-order valence-electron chi connectivity index (χ0n) is 29.6. The van der Waals surface area contributed by atoms with Crippen LogP contribution in [0.5, 0.6) is 17.2 Å². The van der Waals surface area contributed by atoms with Gasteiger partial charge in [0, 0.05) is 16.8 Å². The lowest BCUT2D eigenvalue weighted by Crippen LogP contribution is -2.21.